The second-order valence-corrected chi connectivity index (χ2v) is 11.9. The van der Waals surface area contributed by atoms with Crippen molar-refractivity contribution in [1.82, 2.24) is 21.3 Å². The Morgan fingerprint density at radius 3 is 2.07 bits per heavy atom. The van der Waals surface area contributed by atoms with Gasteiger partial charge in [-0.1, -0.05) is 58.0 Å². The quantitative estimate of drug-likeness (QED) is 0.175. The molecule has 0 radical (unpaired) electrons. The highest BCUT2D eigenvalue weighted by Gasteiger charge is 2.30. The van der Waals surface area contributed by atoms with Gasteiger partial charge in [-0.25, -0.2) is 8.78 Å². The van der Waals surface area contributed by atoms with Gasteiger partial charge in [0.15, 0.2) is 6.10 Å². The van der Waals surface area contributed by atoms with Crippen LogP contribution in [0.15, 0.2) is 48.5 Å². The highest BCUT2D eigenvalue weighted by atomic mass is 19.1. The van der Waals surface area contributed by atoms with Gasteiger partial charge in [0.25, 0.3) is 5.91 Å². The maximum Gasteiger partial charge on any atom is 0.251 e. The first-order valence-electron chi connectivity index (χ1n) is 15.1. The average molecular weight is 617 g/mol. The molecule has 3 atom stereocenters. The molecular weight excluding hydrogens is 570 g/mol. The number of aliphatic hydroxyl groups is 1. The number of hydrogen-bond donors (Lipinski definition) is 5. The molecule has 2 rings (SSSR count). The lowest BCUT2D eigenvalue weighted by molar-refractivity contribution is -0.132. The maximum absolute atomic E-state index is 14.3. The van der Waals surface area contributed by atoms with Crippen LogP contribution in [0, 0.1) is 17.0 Å². The lowest BCUT2D eigenvalue weighted by Gasteiger charge is -2.28. The summed E-state index contributed by atoms with van der Waals surface area (Å²) in [5, 5.41) is 21.9. The summed E-state index contributed by atoms with van der Waals surface area (Å²) in [7, 11) is 0. The molecule has 4 amide bonds. The lowest BCUT2D eigenvalue weighted by Crippen LogP contribution is -2.53. The minimum atomic E-state index is -1.50. The summed E-state index contributed by atoms with van der Waals surface area (Å²) < 4.78 is 28.0. The first-order valence-corrected chi connectivity index (χ1v) is 15.1. The highest BCUT2D eigenvalue weighted by molar-refractivity contribution is 5.83. The van der Waals surface area contributed by atoms with Crippen molar-refractivity contribution in [3.05, 3.63) is 71.3 Å². The molecular formula is C33H46F2N4O5. The molecule has 0 aromatic heterocycles. The minimum Gasteiger partial charge on any atom is -0.381 e. The van der Waals surface area contributed by atoms with Gasteiger partial charge >= 0.3 is 0 Å². The second-order valence-electron chi connectivity index (χ2n) is 11.9. The van der Waals surface area contributed by atoms with Crippen LogP contribution in [0.2, 0.25) is 0 Å². The van der Waals surface area contributed by atoms with Gasteiger partial charge in [0.1, 0.15) is 11.6 Å². The number of aliphatic hydroxyl groups excluding tert-OH is 1. The average Bonchev–Trinajstić information content (AvgIpc) is 2.97. The zero-order valence-corrected chi connectivity index (χ0v) is 26.1. The van der Waals surface area contributed by atoms with Gasteiger partial charge in [0, 0.05) is 38.4 Å². The molecule has 11 heteroatoms. The van der Waals surface area contributed by atoms with Crippen LogP contribution in [0.5, 0.6) is 0 Å². The first kappa shape index (κ1) is 36.3. The van der Waals surface area contributed by atoms with E-state index in [1.165, 1.54) is 0 Å². The van der Waals surface area contributed by atoms with Crippen molar-refractivity contribution in [3.8, 4) is 0 Å². The normalized spacial score (nSPS) is 13.3. The summed E-state index contributed by atoms with van der Waals surface area (Å²) in [6.45, 7) is 7.57. The van der Waals surface area contributed by atoms with Gasteiger partial charge in [-0.2, -0.15) is 0 Å². The van der Waals surface area contributed by atoms with Gasteiger partial charge in [-0.05, 0) is 60.4 Å². The third kappa shape index (κ3) is 13.2. The third-order valence-corrected chi connectivity index (χ3v) is 7.02. The second kappa shape index (κ2) is 18.1. The predicted molar refractivity (Wildman–Crippen MR) is 164 cm³/mol. The van der Waals surface area contributed by atoms with E-state index in [1.54, 1.807) is 0 Å². The van der Waals surface area contributed by atoms with Gasteiger partial charge in [-0.15, -0.1) is 0 Å². The lowest BCUT2D eigenvalue weighted by atomic mass is 9.92. The van der Waals surface area contributed by atoms with Crippen molar-refractivity contribution in [2.75, 3.05) is 13.1 Å². The van der Waals surface area contributed by atoms with Crippen LogP contribution < -0.4 is 21.3 Å². The Hall–Kier alpha value is -3.86. The van der Waals surface area contributed by atoms with Gasteiger partial charge in [-0.3, -0.25) is 19.2 Å². The smallest absolute Gasteiger partial charge is 0.251 e. The van der Waals surface area contributed by atoms with Gasteiger partial charge in [0.05, 0.1) is 6.04 Å². The Kier molecular flexibility index (Phi) is 14.9. The van der Waals surface area contributed by atoms with Crippen molar-refractivity contribution in [1.29, 1.82) is 0 Å². The molecule has 0 saturated carbocycles. The predicted octanol–water partition coefficient (Wildman–Crippen LogP) is 3.33. The molecule has 2 aromatic rings. The molecule has 0 aliphatic rings. The van der Waals surface area contributed by atoms with E-state index in [1.807, 2.05) is 58.0 Å². The molecule has 0 bridgehead atoms. The van der Waals surface area contributed by atoms with Crippen LogP contribution in [0.25, 0.3) is 0 Å². The van der Waals surface area contributed by atoms with Crippen LogP contribution >= 0.6 is 0 Å². The van der Waals surface area contributed by atoms with Crippen LogP contribution in [-0.2, 0) is 32.0 Å². The monoisotopic (exact) mass is 616 g/mol. The highest BCUT2D eigenvalue weighted by Crippen LogP contribution is 2.16. The number of amides is 4. The van der Waals surface area contributed by atoms with E-state index in [0.29, 0.717) is 12.8 Å². The molecule has 5 N–H and O–H groups in total. The van der Waals surface area contributed by atoms with E-state index in [0.717, 1.165) is 23.8 Å². The molecule has 0 heterocycles. The number of rotatable bonds is 18. The van der Waals surface area contributed by atoms with Crippen molar-refractivity contribution >= 4 is 23.6 Å². The van der Waals surface area contributed by atoms with E-state index in [4.69, 9.17) is 0 Å². The molecule has 0 aliphatic heterocycles. The number of halogens is 2. The van der Waals surface area contributed by atoms with Crippen LogP contribution in [0.4, 0.5) is 8.78 Å². The zero-order chi connectivity index (χ0) is 32.7. The van der Waals surface area contributed by atoms with Gasteiger partial charge in [0.2, 0.25) is 17.7 Å². The fourth-order valence-electron chi connectivity index (χ4n) is 4.59. The number of hydrogen-bond acceptors (Lipinski definition) is 5. The van der Waals surface area contributed by atoms with E-state index < -0.39 is 47.1 Å². The number of nitrogens with one attached hydrogen (secondary N) is 4. The van der Waals surface area contributed by atoms with Crippen LogP contribution in [0.3, 0.4) is 0 Å². The zero-order valence-electron chi connectivity index (χ0n) is 26.1. The van der Waals surface area contributed by atoms with E-state index in [2.05, 4.69) is 21.3 Å². The topological polar surface area (TPSA) is 137 Å². The maximum atomic E-state index is 14.3. The standard InChI is InChI=1S/C33H46F2N4O5/c1-5-10-28(40)38-25(18-23-17-24(34)14-15-26(23)35)19-30(42)36-20-33(3,4)21-37-32(44)31(43)27(39-29(41)11-6-2)16-22-12-8-7-9-13-22/h7-9,12-15,17,25,27,31,43H,5-6,10-11,16,18-21H2,1-4H3,(H,36,42)(H,37,44)(H,38,40)(H,39,41). The molecule has 0 aliphatic carbocycles. The molecule has 2 aromatic carbocycles. The number of carbonyl (C=O) groups excluding carboxylic acids is 4. The summed E-state index contributed by atoms with van der Waals surface area (Å²) in [5.41, 5.74) is 0.271. The summed E-state index contributed by atoms with van der Waals surface area (Å²) in [6.07, 6.45) is 0.250. The fraction of sp³-hybridized carbons (Fsp3) is 0.515. The number of carbonyl (C=O) groups is 4. The van der Waals surface area contributed by atoms with Crippen molar-refractivity contribution in [3.63, 3.8) is 0 Å². The summed E-state index contributed by atoms with van der Waals surface area (Å²) in [5.74, 6) is -2.86. The molecule has 44 heavy (non-hydrogen) atoms. The van der Waals surface area contributed by atoms with E-state index >= 15 is 0 Å². The van der Waals surface area contributed by atoms with Crippen molar-refractivity contribution in [2.24, 2.45) is 5.41 Å². The Morgan fingerprint density at radius 1 is 0.818 bits per heavy atom. The molecule has 0 saturated heterocycles. The van der Waals surface area contributed by atoms with E-state index in [-0.39, 0.29) is 62.6 Å². The van der Waals surface area contributed by atoms with Crippen LogP contribution in [-0.4, -0.2) is 60.0 Å². The molecule has 9 nitrogen and oxygen atoms in total. The van der Waals surface area contributed by atoms with E-state index in [9.17, 15) is 33.1 Å². The third-order valence-electron chi connectivity index (χ3n) is 7.02. The molecule has 0 spiro atoms. The first-order chi connectivity index (χ1) is 20.8. The summed E-state index contributed by atoms with van der Waals surface area (Å²) in [4.78, 5) is 50.3. The fourth-order valence-corrected chi connectivity index (χ4v) is 4.59. The van der Waals surface area contributed by atoms with Crippen molar-refractivity contribution < 1.29 is 33.1 Å². The Balaban J connectivity index is 1.97. The Labute approximate surface area is 258 Å². The summed E-state index contributed by atoms with van der Waals surface area (Å²) >= 11 is 0. The summed E-state index contributed by atoms with van der Waals surface area (Å²) in [6, 6.07) is 10.7. The van der Waals surface area contributed by atoms with Crippen molar-refractivity contribution in [2.45, 2.75) is 90.8 Å². The molecule has 242 valence electrons. The van der Waals surface area contributed by atoms with Gasteiger partial charge < -0.3 is 26.4 Å². The number of benzene rings is 2. The minimum absolute atomic E-state index is 0.0534. The largest absolute Gasteiger partial charge is 0.381 e. The molecule has 3 unspecified atom stereocenters. The Bertz CT molecular complexity index is 1240. The van der Waals surface area contributed by atoms with Crippen LogP contribution in [0.1, 0.15) is 70.9 Å². The Morgan fingerprint density at radius 2 is 1.43 bits per heavy atom. The SMILES string of the molecule is CCCC(=O)NC(CC(=O)NCC(C)(C)CNC(=O)C(O)C(Cc1ccccc1)NC(=O)CCC)Cc1cc(F)ccc1F. The molecule has 0 fully saturated rings.